The van der Waals surface area contributed by atoms with E-state index in [1.165, 1.54) is 4.57 Å². The van der Waals surface area contributed by atoms with E-state index in [0.717, 1.165) is 38.3 Å². The maximum Gasteiger partial charge on any atom is 0.301 e. The number of anilines is 4. The van der Waals surface area contributed by atoms with Crippen LogP contribution in [0.4, 0.5) is 31.7 Å². The van der Waals surface area contributed by atoms with Gasteiger partial charge in [-0.25, -0.2) is 13.8 Å². The second kappa shape index (κ2) is 9.02. The number of aryl methyl sites for hydroxylation is 1. The van der Waals surface area contributed by atoms with Crippen molar-refractivity contribution in [2.24, 2.45) is 13.0 Å². The molecule has 3 aromatic rings. The number of pyridine rings is 2. The number of hydrogen-bond donors (Lipinski definition) is 3. The molecule has 0 radical (unpaired) electrons. The molecule has 2 unspecified atom stereocenters. The molecule has 3 aliphatic rings. The van der Waals surface area contributed by atoms with Gasteiger partial charge in [-0.3, -0.25) is 4.79 Å². The zero-order valence-corrected chi connectivity index (χ0v) is 21.4. The van der Waals surface area contributed by atoms with Crippen LogP contribution in [0.1, 0.15) is 19.8 Å². The molecule has 2 aliphatic heterocycles. The van der Waals surface area contributed by atoms with Gasteiger partial charge in [0.05, 0.1) is 34.2 Å². The van der Waals surface area contributed by atoms with Crippen molar-refractivity contribution >= 4 is 45.4 Å². The van der Waals surface area contributed by atoms with Gasteiger partial charge in [-0.1, -0.05) is 11.6 Å². The maximum absolute atomic E-state index is 14.9. The predicted octanol–water partition coefficient (Wildman–Crippen LogP) is 4.35. The van der Waals surface area contributed by atoms with E-state index in [1.54, 1.807) is 19.3 Å². The second-order valence-electron chi connectivity index (χ2n) is 10.3. The van der Waals surface area contributed by atoms with Crippen LogP contribution in [-0.2, 0) is 7.05 Å². The Kier molecular flexibility index (Phi) is 5.91. The van der Waals surface area contributed by atoms with Crippen molar-refractivity contribution in [3.05, 3.63) is 45.8 Å². The Morgan fingerprint density at radius 2 is 2.08 bits per heavy atom. The highest BCUT2D eigenvalue weighted by Crippen LogP contribution is 2.45. The summed E-state index contributed by atoms with van der Waals surface area (Å²) in [5, 5.41) is 10.9. The van der Waals surface area contributed by atoms with Crippen molar-refractivity contribution in [3.63, 3.8) is 0 Å². The number of benzene rings is 1. The molecule has 1 saturated heterocycles. The fraction of sp³-hybridized carbons (Fsp3) is 0.462. The fourth-order valence-corrected chi connectivity index (χ4v) is 5.43. The topological polar surface area (TPSA) is 83.5 Å². The van der Waals surface area contributed by atoms with Gasteiger partial charge < -0.3 is 30.2 Å². The second-order valence-corrected chi connectivity index (χ2v) is 10.7. The van der Waals surface area contributed by atoms with Gasteiger partial charge in [0.2, 0.25) is 5.75 Å². The number of nitrogens with zero attached hydrogens (tertiary/aromatic N) is 3. The molecule has 2 aromatic heterocycles. The fourth-order valence-electron chi connectivity index (χ4n) is 5.28. The molecule has 0 bridgehead atoms. The number of aromatic nitrogens is 2. The van der Waals surface area contributed by atoms with Crippen LogP contribution in [0.5, 0.6) is 5.75 Å². The van der Waals surface area contributed by atoms with E-state index in [0.29, 0.717) is 39.0 Å². The number of alkyl halides is 2. The highest BCUT2D eigenvalue weighted by Gasteiger charge is 2.51. The number of hydrogen-bond acceptors (Lipinski definition) is 7. The van der Waals surface area contributed by atoms with E-state index < -0.39 is 24.1 Å². The van der Waals surface area contributed by atoms with Crippen molar-refractivity contribution in [1.29, 1.82) is 0 Å². The third kappa shape index (κ3) is 4.46. The van der Waals surface area contributed by atoms with Crippen LogP contribution in [0, 0.1) is 5.92 Å². The molecule has 11 heteroatoms. The molecule has 2 atom stereocenters. The van der Waals surface area contributed by atoms with E-state index >= 15 is 0 Å². The highest BCUT2D eigenvalue weighted by atomic mass is 35.5. The summed E-state index contributed by atoms with van der Waals surface area (Å²) in [5.74, 6) is -2.49. The highest BCUT2D eigenvalue weighted by molar-refractivity contribution is 6.33. The number of ether oxygens (including phenoxy) is 1. The molecular weight excluding hydrogens is 502 g/mol. The van der Waals surface area contributed by atoms with E-state index in [1.807, 2.05) is 18.2 Å². The van der Waals surface area contributed by atoms with Gasteiger partial charge in [-0.05, 0) is 43.9 Å². The van der Waals surface area contributed by atoms with Crippen LogP contribution in [0.3, 0.4) is 0 Å². The average Bonchev–Trinajstić information content (AvgIpc) is 3.71. The quantitative estimate of drug-likeness (QED) is 0.462. The van der Waals surface area contributed by atoms with Crippen molar-refractivity contribution < 1.29 is 13.5 Å². The van der Waals surface area contributed by atoms with Crippen LogP contribution < -0.4 is 31.1 Å². The minimum atomic E-state index is -3.09. The molecule has 3 N–H and O–H groups in total. The molecule has 37 heavy (non-hydrogen) atoms. The first kappa shape index (κ1) is 24.2. The van der Waals surface area contributed by atoms with Gasteiger partial charge in [0.1, 0.15) is 5.82 Å². The zero-order valence-electron chi connectivity index (χ0n) is 20.7. The largest absolute Gasteiger partial charge is 0.480 e. The molecular formula is C26H29ClF2N6O2. The Morgan fingerprint density at radius 1 is 1.27 bits per heavy atom. The van der Waals surface area contributed by atoms with E-state index in [-0.39, 0.29) is 11.7 Å². The van der Waals surface area contributed by atoms with E-state index in [2.05, 4.69) is 32.8 Å². The first-order chi connectivity index (χ1) is 17.7. The summed E-state index contributed by atoms with van der Waals surface area (Å²) in [6.07, 6.45) is 3.08. The molecule has 0 amide bonds. The lowest BCUT2D eigenvalue weighted by atomic mass is 10.0. The molecule has 1 aromatic carbocycles. The molecule has 196 valence electrons. The smallest absolute Gasteiger partial charge is 0.301 e. The standard InChI is InChI=1S/C26H29ClF2N6O2/c1-14-12-35(8-7-30-14)21-10-19(18(27)11-31-21)32-16-5-6-20-17(9-16)22-23(25(36)34(20)2)37-13-26(28,29)24(33-22)15-3-4-15/h5-6,9-11,14-15,24,30,33H,3-4,7-8,12-13H2,1-2H3,(H,31,32). The van der Waals surface area contributed by atoms with Gasteiger partial charge in [-0.15, -0.1) is 0 Å². The summed E-state index contributed by atoms with van der Waals surface area (Å²) in [4.78, 5) is 19.7. The molecule has 1 saturated carbocycles. The minimum absolute atomic E-state index is 0.0768. The van der Waals surface area contributed by atoms with E-state index in [9.17, 15) is 13.6 Å². The zero-order chi connectivity index (χ0) is 25.9. The van der Waals surface area contributed by atoms with Gasteiger partial charge in [0, 0.05) is 49.9 Å². The Bertz CT molecular complexity index is 1430. The first-order valence-electron chi connectivity index (χ1n) is 12.6. The van der Waals surface area contributed by atoms with Crippen molar-refractivity contribution in [1.82, 2.24) is 14.9 Å². The Labute approximate surface area is 218 Å². The van der Waals surface area contributed by atoms with Crippen molar-refractivity contribution in [2.45, 2.75) is 37.8 Å². The lowest BCUT2D eigenvalue weighted by molar-refractivity contribution is -0.0579. The number of rotatable bonds is 4. The third-order valence-corrected chi connectivity index (χ3v) is 7.72. The van der Waals surface area contributed by atoms with E-state index in [4.69, 9.17) is 16.3 Å². The molecule has 2 fully saturated rings. The summed E-state index contributed by atoms with van der Waals surface area (Å²) >= 11 is 6.49. The first-order valence-corrected chi connectivity index (χ1v) is 12.9. The summed E-state index contributed by atoms with van der Waals surface area (Å²) in [7, 11) is 1.61. The van der Waals surface area contributed by atoms with Gasteiger partial charge in [0.15, 0.2) is 6.61 Å². The lowest BCUT2D eigenvalue weighted by Crippen LogP contribution is -2.49. The van der Waals surface area contributed by atoms with Gasteiger partial charge in [-0.2, -0.15) is 0 Å². The summed E-state index contributed by atoms with van der Waals surface area (Å²) < 4.78 is 36.7. The summed E-state index contributed by atoms with van der Waals surface area (Å²) in [6, 6.07) is 6.65. The van der Waals surface area contributed by atoms with Crippen LogP contribution in [0.15, 0.2) is 35.3 Å². The number of halogens is 3. The number of piperazine rings is 1. The Hall–Kier alpha value is -3.11. The minimum Gasteiger partial charge on any atom is -0.480 e. The monoisotopic (exact) mass is 530 g/mol. The van der Waals surface area contributed by atoms with Crippen LogP contribution in [0.2, 0.25) is 5.02 Å². The normalized spacial score (nSPS) is 23.1. The predicted molar refractivity (Wildman–Crippen MR) is 142 cm³/mol. The molecule has 1 aliphatic carbocycles. The third-order valence-electron chi connectivity index (χ3n) is 7.42. The van der Waals surface area contributed by atoms with Crippen LogP contribution in [0.25, 0.3) is 10.9 Å². The van der Waals surface area contributed by atoms with Gasteiger partial charge >= 0.3 is 5.92 Å². The Balaban J connectivity index is 1.39. The SMILES string of the molecule is CC1CN(c2cc(Nc3ccc4c(c3)c3c(c(=O)n4C)OCC(F)(F)C(C4CC4)N3)c(Cl)cn2)CCN1. The maximum atomic E-state index is 14.9. The number of nitrogens with one attached hydrogen (secondary N) is 3. The summed E-state index contributed by atoms with van der Waals surface area (Å²) in [5.41, 5.74) is 1.85. The van der Waals surface area contributed by atoms with Gasteiger partial charge in [0.25, 0.3) is 5.56 Å². The molecule has 4 heterocycles. The average molecular weight is 531 g/mol. The lowest BCUT2D eigenvalue weighted by Gasteiger charge is -2.33. The summed E-state index contributed by atoms with van der Waals surface area (Å²) in [6.45, 7) is 3.86. The molecule has 8 nitrogen and oxygen atoms in total. The van der Waals surface area contributed by atoms with Crippen LogP contribution in [-0.4, -0.2) is 53.8 Å². The number of fused-ring (bicyclic) bond motifs is 3. The Morgan fingerprint density at radius 3 is 2.84 bits per heavy atom. The molecule has 6 rings (SSSR count). The van der Waals surface area contributed by atoms with Crippen molar-refractivity contribution in [3.8, 4) is 5.75 Å². The molecule has 0 spiro atoms. The van der Waals surface area contributed by atoms with Crippen molar-refractivity contribution in [2.75, 3.05) is 41.8 Å². The van der Waals surface area contributed by atoms with Crippen LogP contribution >= 0.6 is 11.6 Å².